The second-order valence-electron chi connectivity index (χ2n) is 3.12. The van der Waals surface area contributed by atoms with Gasteiger partial charge in [-0.25, -0.2) is 4.79 Å². The highest BCUT2D eigenvalue weighted by Crippen LogP contribution is 2.25. The third-order valence-electron chi connectivity index (χ3n) is 1.97. The summed E-state index contributed by atoms with van der Waals surface area (Å²) in [4.78, 5) is 13.1. The third kappa shape index (κ3) is 1.79. The molecule has 0 bridgehead atoms. The molecule has 0 aliphatic rings. The molecule has 0 fully saturated rings. The van der Waals surface area contributed by atoms with E-state index in [9.17, 15) is 4.79 Å². The van der Waals surface area contributed by atoms with Crippen molar-refractivity contribution in [2.45, 2.75) is 0 Å². The topological polar surface area (TPSA) is 55.6 Å². The summed E-state index contributed by atoms with van der Waals surface area (Å²) < 4.78 is 4.61. The monoisotopic (exact) mass is 194 g/mol. The van der Waals surface area contributed by atoms with Gasteiger partial charge in [0.15, 0.2) is 0 Å². The molecule has 0 radical (unpaired) electrons. The summed E-state index contributed by atoms with van der Waals surface area (Å²) in [5.41, 5.74) is 7.48. The van der Waals surface area contributed by atoms with Crippen LogP contribution in [0, 0.1) is 0 Å². The molecule has 0 saturated heterocycles. The lowest BCUT2D eigenvalue weighted by Crippen LogP contribution is -2.14. The van der Waals surface area contributed by atoms with Crippen LogP contribution >= 0.6 is 0 Å². The molecule has 0 spiro atoms. The van der Waals surface area contributed by atoms with Crippen molar-refractivity contribution in [3.63, 3.8) is 0 Å². The van der Waals surface area contributed by atoms with Gasteiger partial charge in [-0.05, 0) is 12.1 Å². The van der Waals surface area contributed by atoms with Crippen molar-refractivity contribution < 1.29 is 9.53 Å². The number of rotatable bonds is 2. The number of ether oxygens (including phenoxy) is 1. The van der Waals surface area contributed by atoms with Crippen LogP contribution in [0.3, 0.4) is 0 Å². The Balaban J connectivity index is 3.20. The number of carbonyl (C=O) groups is 1. The molecule has 0 aromatic heterocycles. The first-order valence-electron chi connectivity index (χ1n) is 4.22. The first-order chi connectivity index (χ1) is 6.57. The Morgan fingerprint density at radius 2 is 2.07 bits per heavy atom. The van der Waals surface area contributed by atoms with Crippen LogP contribution in [0.4, 0.5) is 11.4 Å². The van der Waals surface area contributed by atoms with Crippen molar-refractivity contribution in [2.24, 2.45) is 0 Å². The molecular formula is C10H14N2O2. The molecule has 76 valence electrons. The minimum Gasteiger partial charge on any atom is -0.465 e. The highest BCUT2D eigenvalue weighted by atomic mass is 16.5. The molecule has 2 N–H and O–H groups in total. The van der Waals surface area contributed by atoms with Crippen molar-refractivity contribution in [3.8, 4) is 0 Å². The van der Waals surface area contributed by atoms with E-state index in [1.807, 2.05) is 25.1 Å². The average Bonchev–Trinajstić information content (AvgIpc) is 2.16. The number of anilines is 2. The summed E-state index contributed by atoms with van der Waals surface area (Å²) in [5, 5.41) is 0. The van der Waals surface area contributed by atoms with E-state index in [-0.39, 0.29) is 0 Å². The number of para-hydroxylation sites is 1. The van der Waals surface area contributed by atoms with Crippen LogP contribution in [-0.4, -0.2) is 27.2 Å². The predicted octanol–water partition coefficient (Wildman–Crippen LogP) is 1.12. The first-order valence-corrected chi connectivity index (χ1v) is 4.22. The van der Waals surface area contributed by atoms with Gasteiger partial charge in [0.2, 0.25) is 0 Å². The molecule has 0 aliphatic heterocycles. The van der Waals surface area contributed by atoms with Gasteiger partial charge in [0.05, 0.1) is 24.0 Å². The highest BCUT2D eigenvalue weighted by molar-refractivity contribution is 5.98. The van der Waals surface area contributed by atoms with Crippen molar-refractivity contribution in [3.05, 3.63) is 23.8 Å². The molecule has 1 aromatic carbocycles. The molecule has 0 heterocycles. The fourth-order valence-electron chi connectivity index (χ4n) is 1.23. The highest BCUT2D eigenvalue weighted by Gasteiger charge is 2.13. The number of methoxy groups -OCH3 is 1. The Kier molecular flexibility index (Phi) is 2.96. The minimum atomic E-state index is -0.411. The lowest BCUT2D eigenvalue weighted by Gasteiger charge is -2.16. The largest absolute Gasteiger partial charge is 0.465 e. The van der Waals surface area contributed by atoms with Gasteiger partial charge in [0.1, 0.15) is 0 Å². The van der Waals surface area contributed by atoms with Gasteiger partial charge in [-0.3, -0.25) is 0 Å². The fourth-order valence-corrected chi connectivity index (χ4v) is 1.23. The zero-order chi connectivity index (χ0) is 10.7. The third-order valence-corrected chi connectivity index (χ3v) is 1.97. The minimum absolute atomic E-state index is 0.402. The number of benzene rings is 1. The molecule has 14 heavy (non-hydrogen) atoms. The normalized spacial score (nSPS) is 9.64. The van der Waals surface area contributed by atoms with Crippen molar-refractivity contribution in [1.29, 1.82) is 0 Å². The maximum Gasteiger partial charge on any atom is 0.340 e. The van der Waals surface area contributed by atoms with E-state index in [4.69, 9.17) is 5.73 Å². The number of nitrogen functional groups attached to an aromatic ring is 1. The Hall–Kier alpha value is -1.71. The van der Waals surface area contributed by atoms with E-state index in [2.05, 4.69) is 4.74 Å². The van der Waals surface area contributed by atoms with Crippen LogP contribution in [0.5, 0.6) is 0 Å². The quantitative estimate of drug-likeness (QED) is 0.566. The zero-order valence-electron chi connectivity index (χ0n) is 8.57. The lowest BCUT2D eigenvalue weighted by atomic mass is 10.1. The van der Waals surface area contributed by atoms with E-state index in [1.54, 1.807) is 12.1 Å². The van der Waals surface area contributed by atoms with E-state index < -0.39 is 5.97 Å². The van der Waals surface area contributed by atoms with Crippen LogP contribution in [0.25, 0.3) is 0 Å². The number of nitrogens with zero attached hydrogens (tertiary/aromatic N) is 1. The summed E-state index contributed by atoms with van der Waals surface area (Å²) in [6.45, 7) is 0. The maximum atomic E-state index is 11.3. The molecule has 1 aromatic rings. The van der Waals surface area contributed by atoms with E-state index in [0.717, 1.165) is 5.69 Å². The second kappa shape index (κ2) is 4.00. The van der Waals surface area contributed by atoms with Gasteiger partial charge < -0.3 is 15.4 Å². The summed E-state index contributed by atoms with van der Waals surface area (Å²) in [7, 11) is 5.07. The molecule has 0 aliphatic carbocycles. The fraction of sp³-hybridized carbons (Fsp3) is 0.300. The van der Waals surface area contributed by atoms with Crippen LogP contribution in [-0.2, 0) is 4.74 Å². The second-order valence-corrected chi connectivity index (χ2v) is 3.12. The summed E-state index contributed by atoms with van der Waals surface area (Å²) in [6.07, 6.45) is 0. The summed E-state index contributed by atoms with van der Waals surface area (Å²) in [5.74, 6) is -0.411. The van der Waals surface area contributed by atoms with Crippen molar-refractivity contribution in [1.82, 2.24) is 0 Å². The SMILES string of the molecule is COC(=O)c1cccc(N(C)C)c1N. The molecular weight excluding hydrogens is 180 g/mol. The first kappa shape index (κ1) is 10.4. The smallest absolute Gasteiger partial charge is 0.340 e. The van der Waals surface area contributed by atoms with Crippen molar-refractivity contribution in [2.75, 3.05) is 31.8 Å². The van der Waals surface area contributed by atoms with Crippen molar-refractivity contribution >= 4 is 17.3 Å². The molecule has 0 unspecified atom stereocenters. The van der Waals surface area contributed by atoms with Crippen LogP contribution in [0.2, 0.25) is 0 Å². The number of nitrogens with two attached hydrogens (primary N) is 1. The number of hydrogen-bond donors (Lipinski definition) is 1. The van der Waals surface area contributed by atoms with Gasteiger partial charge in [-0.15, -0.1) is 0 Å². The van der Waals surface area contributed by atoms with Gasteiger partial charge in [0, 0.05) is 14.1 Å². The number of esters is 1. The summed E-state index contributed by atoms with van der Waals surface area (Å²) in [6, 6.07) is 5.27. The van der Waals surface area contributed by atoms with Crippen LogP contribution in [0.1, 0.15) is 10.4 Å². The maximum absolute atomic E-state index is 11.3. The molecule has 0 saturated carbocycles. The Morgan fingerprint density at radius 3 is 2.57 bits per heavy atom. The van der Waals surface area contributed by atoms with Gasteiger partial charge in [-0.2, -0.15) is 0 Å². The molecule has 1 rings (SSSR count). The molecule has 0 atom stereocenters. The van der Waals surface area contributed by atoms with Crippen LogP contribution < -0.4 is 10.6 Å². The zero-order valence-corrected chi connectivity index (χ0v) is 8.57. The molecule has 4 nitrogen and oxygen atoms in total. The lowest BCUT2D eigenvalue weighted by molar-refractivity contribution is 0.0602. The molecule has 4 heteroatoms. The summed E-state index contributed by atoms with van der Waals surface area (Å²) >= 11 is 0. The van der Waals surface area contributed by atoms with Crippen LogP contribution in [0.15, 0.2) is 18.2 Å². The van der Waals surface area contributed by atoms with E-state index in [1.165, 1.54) is 7.11 Å². The van der Waals surface area contributed by atoms with Gasteiger partial charge in [0.25, 0.3) is 0 Å². The Bertz CT molecular complexity index is 348. The Labute approximate surface area is 83.3 Å². The van der Waals surface area contributed by atoms with Gasteiger partial charge >= 0.3 is 5.97 Å². The molecule has 0 amide bonds. The van der Waals surface area contributed by atoms with E-state index >= 15 is 0 Å². The predicted molar refractivity (Wildman–Crippen MR) is 56.5 cm³/mol. The number of hydrogen-bond acceptors (Lipinski definition) is 4. The standard InChI is InChI=1S/C10H14N2O2/c1-12(2)8-6-4-5-7(9(8)11)10(13)14-3/h4-6H,11H2,1-3H3. The Morgan fingerprint density at radius 1 is 1.43 bits per heavy atom. The van der Waals surface area contributed by atoms with E-state index in [0.29, 0.717) is 11.3 Å². The number of carbonyl (C=O) groups excluding carboxylic acids is 1. The average molecular weight is 194 g/mol. The van der Waals surface area contributed by atoms with Gasteiger partial charge in [-0.1, -0.05) is 6.07 Å².